The Morgan fingerprint density at radius 2 is 1.07 bits per heavy atom. The van der Waals surface area contributed by atoms with Crippen LogP contribution in [0.15, 0.2) is 0 Å². The van der Waals surface area contributed by atoms with E-state index in [1.807, 2.05) is 0 Å². The Morgan fingerprint density at radius 1 is 0.857 bits per heavy atom. The van der Waals surface area contributed by atoms with Crippen molar-refractivity contribution < 1.29 is 39.7 Å². The second-order valence-corrected chi connectivity index (χ2v) is 5.66. The minimum absolute atomic E-state index is 2.79. The van der Waals surface area contributed by atoms with E-state index in [-0.39, 0.29) is 0 Å². The molecule has 0 spiro atoms. The fourth-order valence-electron chi connectivity index (χ4n) is 0.709. The van der Waals surface area contributed by atoms with Gasteiger partial charge in [0.05, 0.1) is 0 Å². The molecule has 0 radical (unpaired) electrons. The standard InChI is InChI=1S/C4H6F6O3S/c5-3(6,7)1-14(11,12,13)2-4(8,9)10/h1-2H2,(H2,11,12,13). The van der Waals surface area contributed by atoms with Gasteiger partial charge in [-0.25, -0.2) is 4.21 Å². The average Bonchev–Trinajstić information content (AvgIpc) is 1.39. The Balaban J connectivity index is 4.80. The van der Waals surface area contributed by atoms with Crippen LogP contribution < -0.4 is 0 Å². The number of hydrogen-bond acceptors (Lipinski definition) is 1. The van der Waals surface area contributed by atoms with Crippen molar-refractivity contribution in [3.63, 3.8) is 0 Å². The molecule has 0 aliphatic heterocycles. The van der Waals surface area contributed by atoms with E-state index in [1.165, 1.54) is 0 Å². The van der Waals surface area contributed by atoms with Crippen LogP contribution in [0.5, 0.6) is 0 Å². The van der Waals surface area contributed by atoms with E-state index in [2.05, 4.69) is 0 Å². The summed E-state index contributed by atoms with van der Waals surface area (Å²) in [6.07, 6.45) is -10.7. The number of rotatable bonds is 2. The summed E-state index contributed by atoms with van der Waals surface area (Å²) in [6, 6.07) is 0. The smallest absolute Gasteiger partial charge is 0.307 e. The molecule has 0 aliphatic rings. The molecule has 0 saturated heterocycles. The number of alkyl halides is 6. The number of halogens is 6. The van der Waals surface area contributed by atoms with Gasteiger partial charge in [0.15, 0.2) is 0 Å². The van der Waals surface area contributed by atoms with E-state index in [1.54, 1.807) is 0 Å². The lowest BCUT2D eigenvalue weighted by molar-refractivity contribution is -0.116. The van der Waals surface area contributed by atoms with Gasteiger partial charge in [0.1, 0.15) is 21.1 Å². The predicted molar refractivity (Wildman–Crippen MR) is 35.2 cm³/mol. The monoisotopic (exact) mass is 248 g/mol. The van der Waals surface area contributed by atoms with Gasteiger partial charge >= 0.3 is 12.4 Å². The molecule has 0 aromatic rings. The van der Waals surface area contributed by atoms with Crippen LogP contribution >= 0.6 is 0 Å². The third kappa shape index (κ3) is 7.09. The van der Waals surface area contributed by atoms with Crippen LogP contribution in [0, 0.1) is 0 Å². The molecule has 0 atom stereocenters. The summed E-state index contributed by atoms with van der Waals surface area (Å²) in [5, 5.41) is 0. The normalized spacial score (nSPS) is 17.6. The lowest BCUT2D eigenvalue weighted by atomic mass is 10.8. The molecule has 0 saturated carbocycles. The van der Waals surface area contributed by atoms with Crippen molar-refractivity contribution in [1.82, 2.24) is 0 Å². The number of hydrogen-bond donors (Lipinski definition) is 2. The summed E-state index contributed by atoms with van der Waals surface area (Å²) in [7, 11) is -6.69. The molecule has 0 unspecified atom stereocenters. The van der Waals surface area contributed by atoms with E-state index in [9.17, 15) is 30.6 Å². The highest BCUT2D eigenvalue weighted by molar-refractivity contribution is 8.10. The highest BCUT2D eigenvalue weighted by Crippen LogP contribution is 2.33. The molecule has 88 valence electrons. The maximum atomic E-state index is 11.5. The van der Waals surface area contributed by atoms with Gasteiger partial charge in [0, 0.05) is 0 Å². The fraction of sp³-hybridized carbons (Fsp3) is 1.00. The van der Waals surface area contributed by atoms with E-state index in [0.717, 1.165) is 0 Å². The topological polar surface area (TPSA) is 57.5 Å². The van der Waals surface area contributed by atoms with Gasteiger partial charge in [-0.1, -0.05) is 0 Å². The van der Waals surface area contributed by atoms with Gasteiger partial charge in [-0.05, 0) is 0 Å². The summed E-state index contributed by atoms with van der Waals surface area (Å²) in [5.74, 6) is -5.58. The summed E-state index contributed by atoms with van der Waals surface area (Å²) in [4.78, 5) is 0. The molecule has 0 heterocycles. The minimum Gasteiger partial charge on any atom is -0.307 e. The third-order valence-corrected chi connectivity index (χ3v) is 2.72. The molecular weight excluding hydrogens is 242 g/mol. The van der Waals surface area contributed by atoms with Crippen LogP contribution in [0.25, 0.3) is 0 Å². The highest BCUT2D eigenvalue weighted by Gasteiger charge is 2.51. The zero-order chi connectivity index (χ0) is 11.9. The summed E-state index contributed by atoms with van der Waals surface area (Å²) in [5.41, 5.74) is 0. The maximum Gasteiger partial charge on any atom is 0.402 e. The first-order valence-electron chi connectivity index (χ1n) is 2.95. The molecular formula is C4H6F6O3S. The van der Waals surface area contributed by atoms with Gasteiger partial charge in [-0.15, -0.1) is 0 Å². The second-order valence-electron chi connectivity index (χ2n) is 2.71. The first-order valence-corrected chi connectivity index (χ1v) is 5.17. The van der Waals surface area contributed by atoms with Crippen LogP contribution in [0.2, 0.25) is 0 Å². The van der Waals surface area contributed by atoms with E-state index >= 15 is 0 Å². The van der Waals surface area contributed by atoms with Gasteiger partial charge < -0.3 is 9.11 Å². The zero-order valence-corrected chi connectivity index (χ0v) is 7.21. The molecule has 10 heteroatoms. The molecule has 14 heavy (non-hydrogen) atoms. The summed E-state index contributed by atoms with van der Waals surface area (Å²) >= 11 is 0. The molecule has 2 N–H and O–H groups in total. The third-order valence-electron chi connectivity index (χ3n) is 0.908. The highest BCUT2D eigenvalue weighted by atomic mass is 32.3. The van der Waals surface area contributed by atoms with Crippen molar-refractivity contribution >= 4 is 9.63 Å². The molecule has 0 fully saturated rings. The first kappa shape index (κ1) is 13.7. The van der Waals surface area contributed by atoms with Gasteiger partial charge in [0.2, 0.25) is 0 Å². The molecule has 0 aromatic carbocycles. The predicted octanol–water partition coefficient (Wildman–Crippen LogP) is 1.88. The van der Waals surface area contributed by atoms with Crippen molar-refractivity contribution in [2.75, 3.05) is 11.5 Å². The SMILES string of the molecule is O=S(O)(O)(CC(F)(F)F)CC(F)(F)F. The molecule has 0 aliphatic carbocycles. The second kappa shape index (κ2) is 3.07. The van der Waals surface area contributed by atoms with E-state index in [4.69, 9.17) is 9.11 Å². The van der Waals surface area contributed by atoms with Crippen molar-refractivity contribution in [3.05, 3.63) is 0 Å². The van der Waals surface area contributed by atoms with Gasteiger partial charge in [-0.3, -0.25) is 0 Å². The van der Waals surface area contributed by atoms with Crippen LogP contribution in [0.4, 0.5) is 26.3 Å². The molecule has 0 bridgehead atoms. The fourth-order valence-corrected chi connectivity index (χ4v) is 2.13. The summed E-state index contributed by atoms with van der Waals surface area (Å²) < 4.78 is 96.2. The van der Waals surface area contributed by atoms with Gasteiger partial charge in [-0.2, -0.15) is 26.3 Å². The van der Waals surface area contributed by atoms with Crippen molar-refractivity contribution in [2.24, 2.45) is 0 Å². The summed E-state index contributed by atoms with van der Waals surface area (Å²) in [6.45, 7) is 0. The zero-order valence-electron chi connectivity index (χ0n) is 6.39. The maximum absolute atomic E-state index is 11.5. The molecule has 0 rings (SSSR count). The molecule has 3 nitrogen and oxygen atoms in total. The minimum atomic E-state index is -6.69. The lowest BCUT2D eigenvalue weighted by Gasteiger charge is -2.31. The Labute approximate surface area is 74.1 Å². The average molecular weight is 248 g/mol. The quantitative estimate of drug-likeness (QED) is 0.733. The van der Waals surface area contributed by atoms with Crippen LogP contribution in [-0.2, 0) is 9.63 Å². The Hall–Kier alpha value is -0.350. The van der Waals surface area contributed by atoms with Crippen LogP contribution in [0.1, 0.15) is 0 Å². The first-order chi connectivity index (χ1) is 5.68. The lowest BCUT2D eigenvalue weighted by Crippen LogP contribution is -2.49. The Kier molecular flexibility index (Phi) is 2.99. The largest absolute Gasteiger partial charge is 0.402 e. The molecule has 0 amide bonds. The molecule has 0 aromatic heterocycles. The van der Waals surface area contributed by atoms with Crippen LogP contribution in [0.3, 0.4) is 0 Å². The van der Waals surface area contributed by atoms with Crippen molar-refractivity contribution in [1.29, 1.82) is 0 Å². The van der Waals surface area contributed by atoms with Gasteiger partial charge in [0.25, 0.3) is 0 Å². The van der Waals surface area contributed by atoms with Crippen molar-refractivity contribution in [2.45, 2.75) is 12.4 Å². The van der Waals surface area contributed by atoms with Crippen LogP contribution in [-0.4, -0.2) is 37.2 Å². The van der Waals surface area contributed by atoms with E-state index < -0.39 is 33.5 Å². The Morgan fingerprint density at radius 3 is 1.21 bits per heavy atom. The Bertz CT molecular complexity index is 250. The van der Waals surface area contributed by atoms with E-state index in [0.29, 0.717) is 0 Å². The van der Waals surface area contributed by atoms with Crippen molar-refractivity contribution in [3.8, 4) is 0 Å².